The summed E-state index contributed by atoms with van der Waals surface area (Å²) in [7, 11) is 1.88. The van der Waals surface area contributed by atoms with Crippen LogP contribution in [-0.2, 0) is 11.8 Å². The van der Waals surface area contributed by atoms with Gasteiger partial charge in [-0.2, -0.15) is 0 Å². The largest absolute Gasteiger partial charge is 0.322 e. The fourth-order valence-electron chi connectivity index (χ4n) is 4.35. The number of carbonyl (C=O) groups is 2. The Hall–Kier alpha value is -4.34. The van der Waals surface area contributed by atoms with E-state index in [2.05, 4.69) is 15.5 Å². The van der Waals surface area contributed by atoms with Gasteiger partial charge in [-0.25, -0.2) is 0 Å². The van der Waals surface area contributed by atoms with Gasteiger partial charge in [-0.1, -0.05) is 66.0 Å². The van der Waals surface area contributed by atoms with E-state index >= 15 is 0 Å². The van der Waals surface area contributed by atoms with Gasteiger partial charge in [-0.05, 0) is 60.7 Å². The van der Waals surface area contributed by atoms with Gasteiger partial charge in [0.1, 0.15) is 0 Å². The van der Waals surface area contributed by atoms with Crippen molar-refractivity contribution in [2.24, 2.45) is 7.05 Å². The molecule has 0 unspecified atom stereocenters. The third kappa shape index (κ3) is 5.06. The van der Waals surface area contributed by atoms with Gasteiger partial charge in [-0.15, -0.1) is 10.2 Å². The zero-order chi connectivity index (χ0) is 26.8. The number of amides is 2. The van der Waals surface area contributed by atoms with Crippen molar-refractivity contribution in [1.29, 1.82) is 0 Å². The molecular formula is C30H23N5O2S2. The Kier molecular flexibility index (Phi) is 6.91. The summed E-state index contributed by atoms with van der Waals surface area (Å²) in [5, 5.41) is 12.3. The quantitative estimate of drug-likeness (QED) is 0.239. The van der Waals surface area contributed by atoms with E-state index in [9.17, 15) is 9.59 Å². The van der Waals surface area contributed by atoms with E-state index in [1.807, 2.05) is 103 Å². The van der Waals surface area contributed by atoms with Crippen molar-refractivity contribution in [2.75, 3.05) is 16.0 Å². The van der Waals surface area contributed by atoms with Crippen LogP contribution in [0.4, 0.5) is 17.1 Å². The minimum atomic E-state index is -0.164. The second kappa shape index (κ2) is 10.8. The number of fused-ring (bicyclic) bond motifs is 2. The standard InChI is InChI=1S/C30H23N5O2S2/c1-34-28(20-15-17-22(18-16-20)31-29(37)21-9-3-2-4-10-21)32-33-30(34)38-19-27(36)35-23-11-5-7-13-25(23)39-26-14-8-6-12-24(26)35/h2-18H,19H2,1H3,(H,31,37). The van der Waals surface area contributed by atoms with Crippen molar-refractivity contribution >= 4 is 52.4 Å². The highest BCUT2D eigenvalue weighted by Gasteiger charge is 2.28. The van der Waals surface area contributed by atoms with Crippen molar-refractivity contribution in [1.82, 2.24) is 14.8 Å². The van der Waals surface area contributed by atoms with Crippen LogP contribution in [0.1, 0.15) is 10.4 Å². The number of para-hydroxylation sites is 2. The topological polar surface area (TPSA) is 80.1 Å². The van der Waals surface area contributed by atoms with Gasteiger partial charge in [0, 0.05) is 33.7 Å². The van der Waals surface area contributed by atoms with Gasteiger partial charge in [0.2, 0.25) is 5.91 Å². The Balaban J connectivity index is 1.15. The minimum absolute atomic E-state index is 0.0248. The molecule has 0 spiro atoms. The molecule has 7 nitrogen and oxygen atoms in total. The molecule has 5 aromatic rings. The Labute approximate surface area is 234 Å². The van der Waals surface area contributed by atoms with Crippen LogP contribution in [0.5, 0.6) is 0 Å². The fraction of sp³-hybridized carbons (Fsp3) is 0.0667. The molecule has 0 fully saturated rings. The van der Waals surface area contributed by atoms with Gasteiger partial charge in [0.05, 0.1) is 17.1 Å². The number of carbonyl (C=O) groups excluding carboxylic acids is 2. The molecule has 0 atom stereocenters. The van der Waals surface area contributed by atoms with Crippen molar-refractivity contribution < 1.29 is 9.59 Å². The van der Waals surface area contributed by atoms with Crippen LogP contribution in [0.25, 0.3) is 11.4 Å². The van der Waals surface area contributed by atoms with Crippen LogP contribution >= 0.6 is 23.5 Å². The second-order valence-electron chi connectivity index (χ2n) is 8.82. The van der Waals surface area contributed by atoms with Gasteiger partial charge in [0.25, 0.3) is 5.91 Å². The van der Waals surface area contributed by atoms with Gasteiger partial charge < -0.3 is 9.88 Å². The summed E-state index contributed by atoms with van der Waals surface area (Å²) in [4.78, 5) is 29.9. The summed E-state index contributed by atoms with van der Waals surface area (Å²) in [6, 6.07) is 32.5. The third-order valence-electron chi connectivity index (χ3n) is 6.28. The molecule has 1 aliphatic rings. The number of anilines is 3. The Morgan fingerprint density at radius 1 is 0.795 bits per heavy atom. The molecule has 1 aromatic heterocycles. The number of hydrogen-bond acceptors (Lipinski definition) is 6. The molecule has 1 N–H and O–H groups in total. The minimum Gasteiger partial charge on any atom is -0.322 e. The molecule has 9 heteroatoms. The molecule has 1 aliphatic heterocycles. The predicted octanol–water partition coefficient (Wildman–Crippen LogP) is 6.66. The number of aromatic nitrogens is 3. The van der Waals surface area contributed by atoms with E-state index in [1.54, 1.807) is 28.8 Å². The summed E-state index contributed by atoms with van der Waals surface area (Å²) >= 11 is 3.03. The van der Waals surface area contributed by atoms with Crippen molar-refractivity contribution in [2.45, 2.75) is 14.9 Å². The molecule has 0 aliphatic carbocycles. The van der Waals surface area contributed by atoms with Gasteiger partial charge in [-0.3, -0.25) is 14.5 Å². The zero-order valence-corrected chi connectivity index (χ0v) is 22.6. The number of rotatable bonds is 6. The first-order valence-corrected chi connectivity index (χ1v) is 14.1. The Morgan fingerprint density at radius 2 is 1.41 bits per heavy atom. The van der Waals surface area contributed by atoms with E-state index in [-0.39, 0.29) is 17.6 Å². The molecule has 4 aromatic carbocycles. The van der Waals surface area contributed by atoms with Crippen molar-refractivity contribution in [3.63, 3.8) is 0 Å². The SMILES string of the molecule is Cn1c(SCC(=O)N2c3ccccc3Sc3ccccc32)nnc1-c1ccc(NC(=O)c2ccccc2)cc1. The average molecular weight is 550 g/mol. The van der Waals surface area contributed by atoms with E-state index < -0.39 is 0 Å². The van der Waals surface area contributed by atoms with E-state index in [1.165, 1.54) is 11.8 Å². The third-order valence-corrected chi connectivity index (χ3v) is 8.41. The molecule has 0 saturated heterocycles. The smallest absolute Gasteiger partial charge is 0.255 e. The second-order valence-corrected chi connectivity index (χ2v) is 10.8. The monoisotopic (exact) mass is 549 g/mol. The van der Waals surface area contributed by atoms with Crippen LogP contribution in [0, 0.1) is 0 Å². The highest BCUT2D eigenvalue weighted by molar-refractivity contribution is 8.00. The highest BCUT2D eigenvalue weighted by atomic mass is 32.2. The number of hydrogen-bond donors (Lipinski definition) is 1. The van der Waals surface area contributed by atoms with Crippen LogP contribution in [0.15, 0.2) is 118 Å². The van der Waals surface area contributed by atoms with Crippen LogP contribution in [0.3, 0.4) is 0 Å². The molecule has 2 heterocycles. The highest BCUT2D eigenvalue weighted by Crippen LogP contribution is 2.48. The maximum Gasteiger partial charge on any atom is 0.255 e. The summed E-state index contributed by atoms with van der Waals surface area (Å²) in [5.74, 6) is 0.700. The maximum atomic E-state index is 13.5. The Bertz CT molecular complexity index is 1620. The summed E-state index contributed by atoms with van der Waals surface area (Å²) in [5.41, 5.74) is 3.93. The number of nitrogens with one attached hydrogen (secondary N) is 1. The molecule has 0 bridgehead atoms. The molecule has 6 rings (SSSR count). The lowest BCUT2D eigenvalue weighted by molar-refractivity contribution is -0.115. The van der Waals surface area contributed by atoms with Crippen LogP contribution in [0.2, 0.25) is 0 Å². The zero-order valence-electron chi connectivity index (χ0n) is 20.9. The van der Waals surface area contributed by atoms with Gasteiger partial charge in [0.15, 0.2) is 11.0 Å². The summed E-state index contributed by atoms with van der Waals surface area (Å²) in [6.07, 6.45) is 0. The van der Waals surface area contributed by atoms with Crippen molar-refractivity contribution in [3.05, 3.63) is 109 Å². The molecule has 39 heavy (non-hydrogen) atoms. The maximum absolute atomic E-state index is 13.5. The van der Waals surface area contributed by atoms with Crippen LogP contribution < -0.4 is 10.2 Å². The van der Waals surface area contributed by atoms with E-state index in [4.69, 9.17) is 0 Å². The predicted molar refractivity (Wildman–Crippen MR) is 156 cm³/mol. The molecule has 0 radical (unpaired) electrons. The first kappa shape index (κ1) is 25.0. The summed E-state index contributed by atoms with van der Waals surface area (Å²) in [6.45, 7) is 0. The molecule has 0 saturated carbocycles. The molecular weight excluding hydrogens is 526 g/mol. The normalized spacial score (nSPS) is 12.0. The number of thioether (sulfide) groups is 1. The molecule has 192 valence electrons. The number of benzene rings is 4. The van der Waals surface area contributed by atoms with Gasteiger partial charge >= 0.3 is 0 Å². The number of nitrogens with zero attached hydrogens (tertiary/aromatic N) is 4. The molecule has 2 amide bonds. The van der Waals surface area contributed by atoms with Crippen LogP contribution in [-0.4, -0.2) is 32.3 Å². The first-order chi connectivity index (χ1) is 19.1. The van der Waals surface area contributed by atoms with E-state index in [0.717, 1.165) is 26.7 Å². The lowest BCUT2D eigenvalue weighted by Crippen LogP contribution is -2.30. The fourth-order valence-corrected chi connectivity index (χ4v) is 6.17. The Morgan fingerprint density at radius 3 is 2.08 bits per heavy atom. The van der Waals surface area contributed by atoms with Crippen molar-refractivity contribution in [3.8, 4) is 11.4 Å². The lowest BCUT2D eigenvalue weighted by atomic mass is 10.1. The first-order valence-electron chi connectivity index (χ1n) is 12.3. The summed E-state index contributed by atoms with van der Waals surface area (Å²) < 4.78 is 1.88. The lowest BCUT2D eigenvalue weighted by Gasteiger charge is -2.30. The average Bonchev–Trinajstić information content (AvgIpc) is 3.35. The van der Waals surface area contributed by atoms with E-state index in [0.29, 0.717) is 22.2 Å².